The molecule has 0 radical (unpaired) electrons. The van der Waals surface area contributed by atoms with Crippen LogP contribution in [0.1, 0.15) is 72.8 Å². The molecule has 3 N–H and O–H groups in total. The summed E-state index contributed by atoms with van der Waals surface area (Å²) >= 11 is 0. The van der Waals surface area contributed by atoms with E-state index in [0.29, 0.717) is 6.54 Å². The first-order valence-electron chi connectivity index (χ1n) is 14.7. The number of piperidine rings is 1. The number of rotatable bonds is 8. The smallest absolute Gasteiger partial charge is 0.222 e. The lowest BCUT2D eigenvalue weighted by molar-refractivity contribution is -0.125. The molecule has 2 aromatic carbocycles. The lowest BCUT2D eigenvalue weighted by atomic mass is 9.95. The van der Waals surface area contributed by atoms with Gasteiger partial charge in [0.2, 0.25) is 5.91 Å². The standard InChI is InChI=1S/C21H26N2O.C6H13NO.C3H2.2C2H6/c1-3-16-7-9-17(10-8-16)19-5-4-6-20(15-19)23-13-11-18(12-14-23)21(24)22-2;1-3-6(2)7-4-5-8;1-2-3-1;2*1-2/h4-10,15,18H,3,11-14H2,1-2H3,(H,22,24);7-8H,2-5H2,1H3;1H2;2*1-2H3. The van der Waals surface area contributed by atoms with Gasteiger partial charge >= 0.3 is 0 Å². The van der Waals surface area contributed by atoms with Gasteiger partial charge in [0, 0.05) is 44.0 Å². The van der Waals surface area contributed by atoms with Crippen molar-refractivity contribution in [1.29, 1.82) is 0 Å². The van der Waals surface area contributed by atoms with Crippen LogP contribution in [0.5, 0.6) is 0 Å². The number of hydrogen-bond acceptors (Lipinski definition) is 4. The molecule has 0 unspecified atom stereocenters. The molecule has 1 heterocycles. The molecule has 5 nitrogen and oxygen atoms in total. The van der Waals surface area contributed by atoms with Crippen molar-refractivity contribution in [3.63, 3.8) is 0 Å². The highest BCUT2D eigenvalue weighted by atomic mass is 16.3. The highest BCUT2D eigenvalue weighted by Gasteiger charge is 2.24. The van der Waals surface area contributed by atoms with Gasteiger partial charge in [0.15, 0.2) is 0 Å². The van der Waals surface area contributed by atoms with Crippen LogP contribution < -0.4 is 15.5 Å². The van der Waals surface area contributed by atoms with E-state index in [2.05, 4.69) is 89.4 Å². The zero-order valence-corrected chi connectivity index (χ0v) is 25.6. The Balaban J connectivity index is 0.000000797. The molecule has 216 valence electrons. The SMILES string of the molecule is C1#CC1.C=C(CC)NCCO.CC.CC.CCc1ccc(-c2cccc(N3CCC(C(=O)NC)CC3)c2)cc1. The van der Waals surface area contributed by atoms with Gasteiger partial charge in [-0.25, -0.2) is 0 Å². The lowest BCUT2D eigenvalue weighted by Gasteiger charge is -2.33. The van der Waals surface area contributed by atoms with E-state index in [0.717, 1.165) is 50.9 Å². The van der Waals surface area contributed by atoms with Crippen LogP contribution in [0.2, 0.25) is 0 Å². The van der Waals surface area contributed by atoms with E-state index in [1.165, 1.54) is 22.4 Å². The zero-order valence-electron chi connectivity index (χ0n) is 25.6. The molecule has 0 aromatic heterocycles. The fourth-order valence-electron chi connectivity index (χ4n) is 3.78. The van der Waals surface area contributed by atoms with E-state index in [9.17, 15) is 4.79 Å². The second kappa shape index (κ2) is 22.7. The van der Waals surface area contributed by atoms with Crippen molar-refractivity contribution in [1.82, 2.24) is 10.6 Å². The number of aliphatic hydroxyl groups excluding tert-OH is 1. The van der Waals surface area contributed by atoms with Gasteiger partial charge in [0.1, 0.15) is 0 Å². The van der Waals surface area contributed by atoms with Crippen molar-refractivity contribution in [2.24, 2.45) is 5.92 Å². The fourth-order valence-corrected chi connectivity index (χ4v) is 3.78. The summed E-state index contributed by atoms with van der Waals surface area (Å²) in [5.74, 6) is 5.84. The van der Waals surface area contributed by atoms with Crippen molar-refractivity contribution in [3.8, 4) is 23.0 Å². The number of carbonyl (C=O) groups excluding carboxylic acids is 1. The molecular weight excluding hydrogens is 482 g/mol. The Morgan fingerprint density at radius 2 is 1.59 bits per heavy atom. The number of nitrogens with one attached hydrogen (secondary N) is 2. The van der Waals surface area contributed by atoms with Crippen LogP contribution in [-0.2, 0) is 11.2 Å². The molecule has 1 fully saturated rings. The minimum atomic E-state index is 0.163. The monoisotopic (exact) mass is 535 g/mol. The van der Waals surface area contributed by atoms with E-state index >= 15 is 0 Å². The van der Waals surface area contributed by atoms with Gasteiger partial charge in [0.25, 0.3) is 0 Å². The minimum absolute atomic E-state index is 0.163. The molecule has 0 spiro atoms. The van der Waals surface area contributed by atoms with E-state index in [1.54, 1.807) is 7.05 Å². The predicted octanol–water partition coefficient (Wildman–Crippen LogP) is 6.82. The summed E-state index contributed by atoms with van der Waals surface area (Å²) < 4.78 is 0. The zero-order chi connectivity index (χ0) is 29.5. The summed E-state index contributed by atoms with van der Waals surface area (Å²) in [7, 11) is 1.72. The fraction of sp³-hybridized carbons (Fsp3) is 0.500. The van der Waals surface area contributed by atoms with E-state index < -0.39 is 0 Å². The third kappa shape index (κ3) is 15.1. The molecule has 1 aliphatic heterocycles. The van der Waals surface area contributed by atoms with Crippen molar-refractivity contribution in [2.45, 2.75) is 73.6 Å². The Morgan fingerprint density at radius 3 is 2.05 bits per heavy atom. The average Bonchev–Trinajstić information content (AvgIpc) is 3.92. The molecule has 2 aliphatic rings. The first kappa shape index (κ1) is 35.8. The molecule has 2 aromatic rings. The number of benzene rings is 2. The second-order valence-corrected chi connectivity index (χ2v) is 8.61. The molecule has 5 heteroatoms. The number of carbonyl (C=O) groups is 1. The third-order valence-corrected chi connectivity index (χ3v) is 6.11. The number of amides is 1. The Labute approximate surface area is 239 Å². The summed E-state index contributed by atoms with van der Waals surface area (Å²) in [6, 6.07) is 17.6. The summed E-state index contributed by atoms with van der Waals surface area (Å²) in [5.41, 5.74) is 6.12. The van der Waals surface area contributed by atoms with Crippen LogP contribution >= 0.6 is 0 Å². The maximum atomic E-state index is 11.8. The molecule has 1 amide bonds. The van der Waals surface area contributed by atoms with E-state index in [-0.39, 0.29) is 18.4 Å². The van der Waals surface area contributed by atoms with Gasteiger partial charge < -0.3 is 20.6 Å². The summed E-state index contributed by atoms with van der Waals surface area (Å²) in [6.45, 7) is 18.6. The minimum Gasteiger partial charge on any atom is -0.395 e. The molecule has 0 bridgehead atoms. The van der Waals surface area contributed by atoms with Gasteiger partial charge in [-0.3, -0.25) is 4.79 Å². The molecule has 4 rings (SSSR count). The molecule has 0 atom stereocenters. The molecule has 1 aliphatic carbocycles. The van der Waals surface area contributed by atoms with Gasteiger partial charge in [0.05, 0.1) is 13.0 Å². The van der Waals surface area contributed by atoms with Gasteiger partial charge in [-0.15, -0.1) is 0 Å². The number of aryl methyl sites for hydroxylation is 1. The maximum Gasteiger partial charge on any atom is 0.222 e. The highest BCUT2D eigenvalue weighted by Crippen LogP contribution is 2.28. The van der Waals surface area contributed by atoms with E-state index in [1.807, 2.05) is 34.6 Å². The topological polar surface area (TPSA) is 64.6 Å². The molecule has 0 saturated carbocycles. The lowest BCUT2D eigenvalue weighted by Crippen LogP contribution is -2.39. The van der Waals surface area contributed by atoms with Gasteiger partial charge in [-0.2, -0.15) is 0 Å². The number of nitrogens with zero attached hydrogens (tertiary/aromatic N) is 1. The van der Waals surface area contributed by atoms with Crippen LogP contribution in [0.15, 0.2) is 60.8 Å². The number of hydrogen-bond donors (Lipinski definition) is 3. The summed E-state index contributed by atoms with van der Waals surface area (Å²) in [4.78, 5) is 14.2. The van der Waals surface area contributed by atoms with Crippen molar-refractivity contribution < 1.29 is 9.90 Å². The highest BCUT2D eigenvalue weighted by molar-refractivity contribution is 5.78. The average molecular weight is 536 g/mol. The van der Waals surface area contributed by atoms with Crippen molar-refractivity contribution in [3.05, 3.63) is 66.4 Å². The largest absolute Gasteiger partial charge is 0.395 e. The third-order valence-electron chi connectivity index (χ3n) is 6.11. The van der Waals surface area contributed by atoms with Gasteiger partial charge in [-0.1, -0.05) is 96.4 Å². The van der Waals surface area contributed by atoms with Crippen molar-refractivity contribution >= 4 is 11.6 Å². The Morgan fingerprint density at radius 1 is 1.00 bits per heavy atom. The first-order chi connectivity index (χ1) is 19.0. The number of aliphatic hydroxyl groups is 1. The van der Waals surface area contributed by atoms with Crippen molar-refractivity contribution in [2.75, 3.05) is 38.2 Å². The molecular formula is C34H53N3O2. The van der Waals surface area contributed by atoms with Crippen LogP contribution in [0.25, 0.3) is 11.1 Å². The van der Waals surface area contributed by atoms with Crippen LogP contribution in [0.3, 0.4) is 0 Å². The van der Waals surface area contributed by atoms with Crippen LogP contribution in [-0.4, -0.2) is 44.3 Å². The summed E-state index contributed by atoms with van der Waals surface area (Å²) in [6.07, 6.45) is 4.85. The summed E-state index contributed by atoms with van der Waals surface area (Å²) in [5, 5.41) is 14.0. The first-order valence-corrected chi connectivity index (χ1v) is 14.7. The predicted molar refractivity (Wildman–Crippen MR) is 170 cm³/mol. The quantitative estimate of drug-likeness (QED) is 0.325. The number of allylic oxidation sites excluding steroid dienone is 1. The Bertz CT molecular complexity index is 975. The molecule has 1 saturated heterocycles. The Kier molecular flexibility index (Phi) is 20.8. The molecule has 39 heavy (non-hydrogen) atoms. The maximum absolute atomic E-state index is 11.8. The Hall–Kier alpha value is -3.23. The number of anilines is 1. The normalized spacial score (nSPS) is 12.6. The second-order valence-electron chi connectivity index (χ2n) is 8.61. The van der Waals surface area contributed by atoms with E-state index in [4.69, 9.17) is 5.11 Å². The van der Waals surface area contributed by atoms with Crippen LogP contribution in [0, 0.1) is 17.8 Å². The van der Waals surface area contributed by atoms with Crippen LogP contribution in [0.4, 0.5) is 5.69 Å². The van der Waals surface area contributed by atoms with Gasteiger partial charge in [-0.05, 0) is 54.5 Å².